The van der Waals surface area contributed by atoms with E-state index in [4.69, 9.17) is 9.84 Å². The maximum Gasteiger partial charge on any atom is 0.308 e. The largest absolute Gasteiger partial charge is 0.481 e. The maximum atomic E-state index is 12.1. The van der Waals surface area contributed by atoms with E-state index < -0.39 is 11.9 Å². The molecule has 17 heavy (non-hydrogen) atoms. The molecule has 3 unspecified atom stereocenters. The van der Waals surface area contributed by atoms with E-state index in [1.165, 1.54) is 0 Å². The Morgan fingerprint density at radius 1 is 1.35 bits per heavy atom. The third-order valence-electron chi connectivity index (χ3n) is 3.53. The average molecular weight is 241 g/mol. The topological polar surface area (TPSA) is 66.8 Å². The summed E-state index contributed by atoms with van der Waals surface area (Å²) in [5, 5.41) is 9.05. The van der Waals surface area contributed by atoms with Crippen LogP contribution in [0.25, 0.3) is 0 Å². The highest BCUT2D eigenvalue weighted by molar-refractivity contribution is 5.82. The monoisotopic (exact) mass is 241 g/mol. The molecule has 0 radical (unpaired) electrons. The Morgan fingerprint density at radius 2 is 2.12 bits per heavy atom. The molecule has 1 amide bonds. The Hall–Kier alpha value is -1.10. The zero-order valence-corrected chi connectivity index (χ0v) is 10.1. The van der Waals surface area contributed by atoms with Crippen LogP contribution in [-0.4, -0.2) is 47.7 Å². The number of piperidine rings is 1. The smallest absolute Gasteiger partial charge is 0.308 e. The summed E-state index contributed by atoms with van der Waals surface area (Å²) in [4.78, 5) is 24.8. The van der Waals surface area contributed by atoms with Crippen LogP contribution in [0.2, 0.25) is 0 Å². The molecule has 0 aromatic rings. The van der Waals surface area contributed by atoms with Crippen molar-refractivity contribution in [1.29, 1.82) is 0 Å². The molecule has 2 rings (SSSR count). The Kier molecular flexibility index (Phi) is 3.66. The number of carbonyl (C=O) groups is 2. The number of ether oxygens (including phenoxy) is 1. The van der Waals surface area contributed by atoms with Gasteiger partial charge in [-0.3, -0.25) is 9.59 Å². The molecule has 2 saturated heterocycles. The Balaban J connectivity index is 1.99. The molecule has 0 spiro atoms. The first-order chi connectivity index (χ1) is 8.08. The van der Waals surface area contributed by atoms with Crippen molar-refractivity contribution in [3.05, 3.63) is 0 Å². The van der Waals surface area contributed by atoms with E-state index >= 15 is 0 Å². The molecule has 2 aliphatic rings. The quantitative estimate of drug-likeness (QED) is 0.774. The number of rotatable bonds is 2. The van der Waals surface area contributed by atoms with E-state index in [0.717, 1.165) is 12.8 Å². The molecular weight excluding hydrogens is 222 g/mol. The van der Waals surface area contributed by atoms with Gasteiger partial charge in [0.25, 0.3) is 5.91 Å². The van der Waals surface area contributed by atoms with Gasteiger partial charge in [-0.25, -0.2) is 0 Å². The van der Waals surface area contributed by atoms with Crippen molar-refractivity contribution in [1.82, 2.24) is 4.90 Å². The molecule has 2 fully saturated rings. The van der Waals surface area contributed by atoms with E-state index in [1.54, 1.807) is 4.90 Å². The van der Waals surface area contributed by atoms with Gasteiger partial charge < -0.3 is 14.7 Å². The van der Waals surface area contributed by atoms with Crippen molar-refractivity contribution in [2.75, 3.05) is 19.7 Å². The standard InChI is InChI=1S/C12H19NO4/c1-8-5-9(12(15)16)7-13(6-8)11(14)10-3-2-4-17-10/h8-10H,2-7H2,1H3,(H,15,16). The molecule has 96 valence electrons. The maximum absolute atomic E-state index is 12.1. The summed E-state index contributed by atoms with van der Waals surface area (Å²) in [6, 6.07) is 0. The first kappa shape index (κ1) is 12.4. The van der Waals surface area contributed by atoms with E-state index in [1.807, 2.05) is 6.92 Å². The van der Waals surface area contributed by atoms with Gasteiger partial charge >= 0.3 is 5.97 Å². The van der Waals surface area contributed by atoms with Gasteiger partial charge in [0.05, 0.1) is 5.92 Å². The van der Waals surface area contributed by atoms with Gasteiger partial charge in [-0.1, -0.05) is 6.92 Å². The number of amides is 1. The van der Waals surface area contributed by atoms with Gasteiger partial charge in [-0.15, -0.1) is 0 Å². The van der Waals surface area contributed by atoms with E-state index in [0.29, 0.717) is 26.1 Å². The van der Waals surface area contributed by atoms with E-state index in [-0.39, 0.29) is 17.9 Å². The fraction of sp³-hybridized carbons (Fsp3) is 0.833. The fourth-order valence-corrected chi connectivity index (χ4v) is 2.69. The summed E-state index contributed by atoms with van der Waals surface area (Å²) < 4.78 is 5.36. The lowest BCUT2D eigenvalue weighted by molar-refractivity contribution is -0.150. The van der Waals surface area contributed by atoms with Crippen molar-refractivity contribution in [3.63, 3.8) is 0 Å². The minimum absolute atomic E-state index is 0.0275. The normalized spacial score (nSPS) is 33.7. The van der Waals surface area contributed by atoms with Gasteiger partial charge in [-0.2, -0.15) is 0 Å². The summed E-state index contributed by atoms with van der Waals surface area (Å²) in [6.45, 7) is 3.62. The van der Waals surface area contributed by atoms with Gasteiger partial charge in [0.2, 0.25) is 0 Å². The predicted molar refractivity (Wildman–Crippen MR) is 60.5 cm³/mol. The summed E-state index contributed by atoms with van der Waals surface area (Å²) in [5.74, 6) is -1.01. The second-order valence-electron chi connectivity index (χ2n) is 5.12. The number of aliphatic carboxylic acids is 1. The molecule has 0 saturated carbocycles. The molecule has 3 atom stereocenters. The lowest BCUT2D eigenvalue weighted by atomic mass is 9.90. The number of hydrogen-bond donors (Lipinski definition) is 1. The minimum Gasteiger partial charge on any atom is -0.481 e. The van der Waals surface area contributed by atoms with Crippen LogP contribution in [0, 0.1) is 11.8 Å². The molecule has 2 aliphatic heterocycles. The van der Waals surface area contributed by atoms with Crippen LogP contribution in [0.1, 0.15) is 26.2 Å². The second-order valence-corrected chi connectivity index (χ2v) is 5.12. The third-order valence-corrected chi connectivity index (χ3v) is 3.53. The highest BCUT2D eigenvalue weighted by Crippen LogP contribution is 2.24. The third kappa shape index (κ3) is 2.77. The number of nitrogens with zero attached hydrogens (tertiary/aromatic N) is 1. The molecule has 5 heteroatoms. The molecular formula is C12H19NO4. The van der Waals surface area contributed by atoms with Crippen molar-refractivity contribution in [3.8, 4) is 0 Å². The highest BCUT2D eigenvalue weighted by atomic mass is 16.5. The fourth-order valence-electron chi connectivity index (χ4n) is 2.69. The van der Waals surface area contributed by atoms with Crippen molar-refractivity contribution in [2.45, 2.75) is 32.3 Å². The number of carboxylic acids is 1. The van der Waals surface area contributed by atoms with Gasteiger partial charge in [0.15, 0.2) is 0 Å². The molecule has 1 N–H and O–H groups in total. The summed E-state index contributed by atoms with van der Waals surface area (Å²) in [5.41, 5.74) is 0. The molecule has 0 bridgehead atoms. The lowest BCUT2D eigenvalue weighted by Crippen LogP contribution is -2.49. The van der Waals surface area contributed by atoms with Crippen LogP contribution in [0.3, 0.4) is 0 Å². The van der Waals surface area contributed by atoms with Crippen LogP contribution >= 0.6 is 0 Å². The number of likely N-dealkylation sites (tertiary alicyclic amines) is 1. The van der Waals surface area contributed by atoms with Gasteiger partial charge in [0, 0.05) is 19.7 Å². The van der Waals surface area contributed by atoms with Crippen LogP contribution in [0.4, 0.5) is 0 Å². The number of hydrogen-bond acceptors (Lipinski definition) is 3. The number of carboxylic acid groups (broad SMARTS) is 1. The molecule has 2 heterocycles. The highest BCUT2D eigenvalue weighted by Gasteiger charge is 2.35. The van der Waals surface area contributed by atoms with Gasteiger partial charge in [-0.05, 0) is 25.2 Å². The van der Waals surface area contributed by atoms with Crippen LogP contribution in [-0.2, 0) is 14.3 Å². The first-order valence-electron chi connectivity index (χ1n) is 6.21. The predicted octanol–water partition coefficient (Wildman–Crippen LogP) is 0.735. The van der Waals surface area contributed by atoms with Crippen LogP contribution in [0.5, 0.6) is 0 Å². The van der Waals surface area contributed by atoms with Crippen molar-refractivity contribution >= 4 is 11.9 Å². The summed E-state index contributed by atoms with van der Waals surface area (Å²) in [7, 11) is 0. The molecule has 0 aromatic heterocycles. The summed E-state index contributed by atoms with van der Waals surface area (Å²) >= 11 is 0. The zero-order chi connectivity index (χ0) is 12.4. The molecule has 0 aromatic carbocycles. The lowest BCUT2D eigenvalue weighted by Gasteiger charge is -2.35. The Morgan fingerprint density at radius 3 is 2.71 bits per heavy atom. The van der Waals surface area contributed by atoms with E-state index in [2.05, 4.69) is 0 Å². The van der Waals surface area contributed by atoms with Gasteiger partial charge in [0.1, 0.15) is 6.10 Å². The number of carbonyl (C=O) groups excluding carboxylic acids is 1. The van der Waals surface area contributed by atoms with Crippen molar-refractivity contribution in [2.24, 2.45) is 11.8 Å². The SMILES string of the molecule is CC1CC(C(=O)O)CN(C(=O)C2CCCO2)C1. The Bertz CT molecular complexity index is 312. The first-order valence-corrected chi connectivity index (χ1v) is 6.21. The van der Waals surface area contributed by atoms with Crippen LogP contribution in [0.15, 0.2) is 0 Å². The van der Waals surface area contributed by atoms with Crippen LogP contribution < -0.4 is 0 Å². The minimum atomic E-state index is -0.804. The molecule has 5 nitrogen and oxygen atoms in total. The molecule has 0 aliphatic carbocycles. The average Bonchev–Trinajstić information content (AvgIpc) is 2.80. The van der Waals surface area contributed by atoms with Crippen molar-refractivity contribution < 1.29 is 19.4 Å². The van der Waals surface area contributed by atoms with E-state index in [9.17, 15) is 9.59 Å². The second kappa shape index (κ2) is 5.04. The Labute approximate surface area is 101 Å². The zero-order valence-electron chi connectivity index (χ0n) is 10.1. The summed E-state index contributed by atoms with van der Waals surface area (Å²) in [6.07, 6.45) is 2.00.